The number of carbonyl (C=O) groups excluding carboxylic acids is 1. The molecule has 0 aliphatic heterocycles. The molecule has 0 radical (unpaired) electrons. The van der Waals surface area contributed by atoms with Gasteiger partial charge in [0, 0.05) is 6.42 Å². The Hall–Kier alpha value is -0.930. The quantitative estimate of drug-likeness (QED) is 0.211. The highest BCUT2D eigenvalue weighted by Gasteiger charge is 2.21. The minimum atomic E-state index is -0.805. The van der Waals surface area contributed by atoms with E-state index in [4.69, 9.17) is 0 Å². The number of carbonyl (C=O) groups is 1. The van der Waals surface area contributed by atoms with Crippen molar-refractivity contribution in [3.63, 3.8) is 0 Å². The molecule has 0 amide bonds. The van der Waals surface area contributed by atoms with Crippen LogP contribution < -0.4 is 0 Å². The van der Waals surface area contributed by atoms with Gasteiger partial charge in [-0.3, -0.25) is 4.79 Å². The van der Waals surface area contributed by atoms with E-state index in [0.717, 1.165) is 25.7 Å². The van der Waals surface area contributed by atoms with Crippen LogP contribution >= 0.6 is 0 Å². The third-order valence-electron chi connectivity index (χ3n) is 4.47. The van der Waals surface area contributed by atoms with Crippen molar-refractivity contribution in [2.45, 2.75) is 90.1 Å². The SMILES string of the molecule is CCCCC/C=C\C/C=C\CCCCCCCC(=O)C(O)C[N+](C)(C)C. The van der Waals surface area contributed by atoms with Crippen molar-refractivity contribution in [3.05, 3.63) is 24.3 Å². The van der Waals surface area contributed by atoms with Gasteiger partial charge in [-0.2, -0.15) is 0 Å². The van der Waals surface area contributed by atoms with Crippen LogP contribution in [0.15, 0.2) is 24.3 Å². The van der Waals surface area contributed by atoms with E-state index < -0.39 is 6.10 Å². The van der Waals surface area contributed by atoms with Crippen LogP contribution in [-0.4, -0.2) is 49.2 Å². The number of nitrogens with zero attached hydrogens (tertiary/aromatic N) is 1. The summed E-state index contributed by atoms with van der Waals surface area (Å²) >= 11 is 0. The Morgan fingerprint density at radius 1 is 0.846 bits per heavy atom. The molecule has 0 aromatic heterocycles. The minimum Gasteiger partial charge on any atom is -0.380 e. The third kappa shape index (κ3) is 17.9. The molecule has 0 spiro atoms. The smallest absolute Gasteiger partial charge is 0.167 e. The first-order valence-corrected chi connectivity index (χ1v) is 10.7. The maximum absolute atomic E-state index is 11.9. The molecule has 0 fully saturated rings. The molecule has 0 saturated heterocycles. The second-order valence-electron chi connectivity index (χ2n) is 8.44. The molecular formula is C23H44NO2+. The first-order valence-electron chi connectivity index (χ1n) is 10.7. The van der Waals surface area contributed by atoms with Gasteiger partial charge >= 0.3 is 0 Å². The molecule has 0 rings (SSSR count). The summed E-state index contributed by atoms with van der Waals surface area (Å²) in [7, 11) is 5.98. The summed E-state index contributed by atoms with van der Waals surface area (Å²) in [5.41, 5.74) is 0. The van der Waals surface area contributed by atoms with E-state index in [9.17, 15) is 9.90 Å². The van der Waals surface area contributed by atoms with E-state index in [1.807, 2.05) is 21.1 Å². The predicted octanol–water partition coefficient (Wildman–Crippen LogP) is 5.44. The van der Waals surface area contributed by atoms with Gasteiger partial charge in [0.15, 0.2) is 11.9 Å². The molecule has 0 aromatic rings. The molecule has 0 saturated carbocycles. The van der Waals surface area contributed by atoms with Crippen LogP contribution in [0.3, 0.4) is 0 Å². The lowest BCUT2D eigenvalue weighted by molar-refractivity contribution is -0.872. The van der Waals surface area contributed by atoms with Crippen LogP contribution in [0.25, 0.3) is 0 Å². The zero-order chi connectivity index (χ0) is 19.7. The summed E-state index contributed by atoms with van der Waals surface area (Å²) in [5, 5.41) is 9.89. The third-order valence-corrected chi connectivity index (χ3v) is 4.47. The molecule has 0 aromatic carbocycles. The van der Waals surface area contributed by atoms with E-state index >= 15 is 0 Å². The topological polar surface area (TPSA) is 37.3 Å². The molecule has 1 atom stereocenters. The molecule has 0 bridgehead atoms. The summed E-state index contributed by atoms with van der Waals surface area (Å²) in [6.45, 7) is 2.74. The van der Waals surface area contributed by atoms with Crippen molar-refractivity contribution in [3.8, 4) is 0 Å². The molecule has 0 aliphatic carbocycles. The fourth-order valence-electron chi connectivity index (χ4n) is 2.90. The average molecular weight is 367 g/mol. The Labute approximate surface area is 162 Å². The van der Waals surface area contributed by atoms with Crippen molar-refractivity contribution >= 4 is 5.78 Å². The van der Waals surface area contributed by atoms with Gasteiger partial charge in [-0.1, -0.05) is 63.3 Å². The van der Waals surface area contributed by atoms with Gasteiger partial charge in [-0.25, -0.2) is 0 Å². The van der Waals surface area contributed by atoms with E-state index in [-0.39, 0.29) is 5.78 Å². The van der Waals surface area contributed by atoms with Crippen LogP contribution in [0.5, 0.6) is 0 Å². The Morgan fingerprint density at radius 2 is 1.38 bits per heavy atom. The second kappa shape index (κ2) is 16.3. The highest BCUT2D eigenvalue weighted by atomic mass is 16.3. The van der Waals surface area contributed by atoms with Crippen LogP contribution in [0.1, 0.15) is 84.0 Å². The van der Waals surface area contributed by atoms with Crippen LogP contribution in [0.4, 0.5) is 0 Å². The Bertz CT molecular complexity index is 394. The number of quaternary nitrogens is 1. The Kier molecular flexibility index (Phi) is 15.7. The van der Waals surface area contributed by atoms with E-state index in [2.05, 4.69) is 31.2 Å². The first kappa shape index (κ1) is 25.1. The number of aliphatic hydroxyl groups is 1. The highest BCUT2D eigenvalue weighted by molar-refractivity contribution is 5.82. The molecule has 3 heteroatoms. The number of unbranched alkanes of at least 4 members (excludes halogenated alkanes) is 8. The van der Waals surface area contributed by atoms with Gasteiger partial charge in [-0.05, 0) is 38.5 Å². The predicted molar refractivity (Wildman–Crippen MR) is 113 cm³/mol. The first-order chi connectivity index (χ1) is 12.4. The summed E-state index contributed by atoms with van der Waals surface area (Å²) in [5.74, 6) is 0.00346. The highest BCUT2D eigenvalue weighted by Crippen LogP contribution is 2.10. The molecular weight excluding hydrogens is 322 g/mol. The largest absolute Gasteiger partial charge is 0.380 e. The van der Waals surface area contributed by atoms with E-state index in [1.54, 1.807) is 0 Å². The Morgan fingerprint density at radius 3 is 1.96 bits per heavy atom. The number of allylic oxidation sites excluding steroid dienone is 4. The fourth-order valence-corrected chi connectivity index (χ4v) is 2.90. The van der Waals surface area contributed by atoms with Crippen molar-refractivity contribution in [2.24, 2.45) is 0 Å². The molecule has 26 heavy (non-hydrogen) atoms. The summed E-state index contributed by atoms with van der Waals surface area (Å²) < 4.78 is 0.620. The number of aliphatic hydroxyl groups excluding tert-OH is 1. The maximum Gasteiger partial charge on any atom is 0.167 e. The monoisotopic (exact) mass is 366 g/mol. The lowest BCUT2D eigenvalue weighted by atomic mass is 10.0. The van der Waals surface area contributed by atoms with Crippen molar-refractivity contribution < 1.29 is 14.4 Å². The summed E-state index contributed by atoms with van der Waals surface area (Å²) in [6, 6.07) is 0. The number of hydrogen-bond donors (Lipinski definition) is 1. The maximum atomic E-state index is 11.9. The van der Waals surface area contributed by atoms with Crippen molar-refractivity contribution in [1.82, 2.24) is 0 Å². The van der Waals surface area contributed by atoms with Gasteiger partial charge in [0.2, 0.25) is 0 Å². The van der Waals surface area contributed by atoms with Gasteiger partial charge < -0.3 is 9.59 Å². The summed E-state index contributed by atoms with van der Waals surface area (Å²) in [4.78, 5) is 11.9. The normalized spacial score (nSPS) is 13.7. The lowest BCUT2D eigenvalue weighted by Crippen LogP contribution is -2.44. The molecule has 1 N–H and O–H groups in total. The number of Topliss-reactive ketones (excluding diaryl/α,β-unsaturated/α-hetero) is 1. The zero-order valence-electron chi connectivity index (χ0n) is 17.9. The summed E-state index contributed by atoms with van der Waals surface area (Å²) in [6.07, 6.45) is 21.9. The Balaban J connectivity index is 3.45. The average Bonchev–Trinajstić information content (AvgIpc) is 2.56. The fraction of sp³-hybridized carbons (Fsp3) is 0.783. The van der Waals surface area contributed by atoms with Gasteiger partial charge in [0.05, 0.1) is 21.1 Å². The van der Waals surface area contributed by atoms with Crippen LogP contribution in [-0.2, 0) is 4.79 Å². The zero-order valence-corrected chi connectivity index (χ0v) is 17.9. The molecule has 3 nitrogen and oxygen atoms in total. The van der Waals surface area contributed by atoms with Crippen molar-refractivity contribution in [2.75, 3.05) is 27.7 Å². The van der Waals surface area contributed by atoms with Gasteiger partial charge in [0.25, 0.3) is 0 Å². The van der Waals surface area contributed by atoms with Crippen molar-refractivity contribution in [1.29, 1.82) is 0 Å². The lowest BCUT2D eigenvalue weighted by Gasteiger charge is -2.26. The number of rotatable bonds is 17. The van der Waals surface area contributed by atoms with E-state index in [1.165, 1.54) is 44.9 Å². The second-order valence-corrected chi connectivity index (χ2v) is 8.44. The van der Waals surface area contributed by atoms with E-state index in [0.29, 0.717) is 17.4 Å². The minimum absolute atomic E-state index is 0.00346. The van der Waals surface area contributed by atoms with Gasteiger partial charge in [0.1, 0.15) is 6.54 Å². The van der Waals surface area contributed by atoms with Gasteiger partial charge in [-0.15, -0.1) is 0 Å². The van der Waals surface area contributed by atoms with Crippen LogP contribution in [0.2, 0.25) is 0 Å². The number of hydrogen-bond acceptors (Lipinski definition) is 2. The van der Waals surface area contributed by atoms with Crippen LogP contribution in [0, 0.1) is 0 Å². The number of likely N-dealkylation sites (N-methyl/N-ethyl adjacent to an activating group) is 1. The standard InChI is InChI=1S/C23H44NO2/c1-5-6-7-8-9-10-11-12-13-14-15-16-17-18-19-20-22(25)23(26)21-24(2,3)4/h9-10,12-13,23,26H,5-8,11,14-21H2,1-4H3/q+1/b10-9-,13-12-. The molecule has 0 heterocycles. The molecule has 1 unspecified atom stereocenters. The molecule has 152 valence electrons. The number of ketones is 1. The molecule has 0 aliphatic rings.